The molecule has 1 aromatic heterocycles. The Bertz CT molecular complexity index is 912. The summed E-state index contributed by atoms with van der Waals surface area (Å²) in [4.78, 5) is 24.9. The van der Waals surface area contributed by atoms with E-state index in [1.54, 1.807) is 31.3 Å². The van der Waals surface area contributed by atoms with Crippen molar-refractivity contribution in [1.82, 2.24) is 9.97 Å². The van der Waals surface area contributed by atoms with E-state index in [1.165, 1.54) is 0 Å². The van der Waals surface area contributed by atoms with E-state index in [0.717, 1.165) is 43.1 Å². The maximum Gasteiger partial charge on any atom is 0.319 e. The molecule has 31 heavy (non-hydrogen) atoms. The summed E-state index contributed by atoms with van der Waals surface area (Å²) in [6.07, 6.45) is 3.48. The summed E-state index contributed by atoms with van der Waals surface area (Å²) in [6, 6.07) is 7.21. The quantitative estimate of drug-likeness (QED) is 0.698. The molecule has 168 valence electrons. The van der Waals surface area contributed by atoms with Crippen LogP contribution in [0.25, 0.3) is 0 Å². The number of anilines is 3. The van der Waals surface area contributed by atoms with Gasteiger partial charge in [-0.25, -0.2) is 14.8 Å². The summed E-state index contributed by atoms with van der Waals surface area (Å²) in [6.45, 7) is 1.89. The summed E-state index contributed by atoms with van der Waals surface area (Å²) in [5, 5.41) is 3.53. The minimum absolute atomic E-state index is 0.0260. The molecule has 9 heteroatoms. The summed E-state index contributed by atoms with van der Waals surface area (Å²) < 4.78 is 10.7. The van der Waals surface area contributed by atoms with Crippen molar-refractivity contribution in [2.75, 3.05) is 43.4 Å². The lowest BCUT2D eigenvalue weighted by Gasteiger charge is -2.36. The van der Waals surface area contributed by atoms with Crippen molar-refractivity contribution in [2.45, 2.75) is 44.7 Å². The Morgan fingerprint density at radius 3 is 2.32 bits per heavy atom. The molecule has 3 N–H and O–H groups in total. The highest BCUT2D eigenvalue weighted by molar-refractivity contribution is 5.91. The van der Waals surface area contributed by atoms with Gasteiger partial charge in [0.25, 0.3) is 0 Å². The molecule has 0 saturated heterocycles. The van der Waals surface area contributed by atoms with Crippen LogP contribution in [0.5, 0.6) is 11.5 Å². The number of aromatic nitrogens is 2. The molecule has 9 nitrogen and oxygen atoms in total. The Balaban J connectivity index is 1.69. The van der Waals surface area contributed by atoms with E-state index in [0.29, 0.717) is 17.2 Å². The van der Waals surface area contributed by atoms with Crippen LogP contribution in [0.15, 0.2) is 24.3 Å². The van der Waals surface area contributed by atoms with Crippen LogP contribution in [0, 0.1) is 6.92 Å². The van der Waals surface area contributed by atoms with Crippen LogP contribution in [-0.4, -0.2) is 56.4 Å². The van der Waals surface area contributed by atoms with Gasteiger partial charge in [0.05, 0.1) is 14.2 Å². The van der Waals surface area contributed by atoms with Gasteiger partial charge in [0.15, 0.2) is 11.5 Å². The van der Waals surface area contributed by atoms with Gasteiger partial charge in [-0.1, -0.05) is 0 Å². The van der Waals surface area contributed by atoms with Crippen molar-refractivity contribution in [2.24, 2.45) is 5.73 Å². The van der Waals surface area contributed by atoms with E-state index in [-0.39, 0.29) is 12.1 Å². The molecule has 1 aliphatic rings. The summed E-state index contributed by atoms with van der Waals surface area (Å²) >= 11 is 0. The number of primary amides is 1. The Labute approximate surface area is 183 Å². The number of nitrogens with zero attached hydrogens (tertiary/aromatic N) is 4. The SMILES string of the molecule is COc1ccc(N(C(N)=O)C2CCC(Nc3cc(N(C)C)nc(C)n3)CC2)cc1OC. The van der Waals surface area contributed by atoms with Crippen LogP contribution in [0.3, 0.4) is 0 Å². The first-order valence-electron chi connectivity index (χ1n) is 10.4. The highest BCUT2D eigenvalue weighted by atomic mass is 16.5. The number of benzene rings is 1. The Kier molecular flexibility index (Phi) is 7.04. The number of aryl methyl sites for hydroxylation is 1. The molecule has 2 amide bonds. The van der Waals surface area contributed by atoms with Crippen molar-refractivity contribution >= 4 is 23.4 Å². The van der Waals surface area contributed by atoms with Gasteiger partial charge < -0.3 is 25.4 Å². The Hall–Kier alpha value is -3.23. The third-order valence-corrected chi connectivity index (χ3v) is 5.58. The first-order valence-corrected chi connectivity index (χ1v) is 10.4. The number of methoxy groups -OCH3 is 2. The Morgan fingerprint density at radius 2 is 1.74 bits per heavy atom. The zero-order valence-corrected chi connectivity index (χ0v) is 18.9. The van der Waals surface area contributed by atoms with Crippen molar-refractivity contribution in [3.8, 4) is 11.5 Å². The number of carbonyl (C=O) groups is 1. The minimum Gasteiger partial charge on any atom is -0.493 e. The average Bonchev–Trinajstić information content (AvgIpc) is 2.74. The van der Waals surface area contributed by atoms with E-state index in [9.17, 15) is 4.79 Å². The van der Waals surface area contributed by atoms with Crippen LogP contribution in [-0.2, 0) is 0 Å². The minimum atomic E-state index is -0.467. The van der Waals surface area contributed by atoms with E-state index < -0.39 is 6.03 Å². The lowest BCUT2D eigenvalue weighted by Crippen LogP contribution is -2.46. The fourth-order valence-corrected chi connectivity index (χ4v) is 4.04. The molecule has 0 atom stereocenters. The third-order valence-electron chi connectivity index (χ3n) is 5.58. The molecule has 1 saturated carbocycles. The maximum absolute atomic E-state index is 12.3. The van der Waals surface area contributed by atoms with Crippen LogP contribution < -0.4 is 30.3 Å². The topological polar surface area (TPSA) is 106 Å². The molecule has 0 unspecified atom stereocenters. The first kappa shape index (κ1) is 22.5. The van der Waals surface area contributed by atoms with Gasteiger partial charge in [0.2, 0.25) is 0 Å². The van der Waals surface area contributed by atoms with E-state index >= 15 is 0 Å². The second kappa shape index (κ2) is 9.72. The predicted molar refractivity (Wildman–Crippen MR) is 122 cm³/mol. The number of amides is 2. The lowest BCUT2D eigenvalue weighted by molar-refractivity contribution is 0.248. The van der Waals surface area contributed by atoms with Gasteiger partial charge >= 0.3 is 6.03 Å². The molecule has 0 spiro atoms. The second-order valence-corrected chi connectivity index (χ2v) is 7.95. The molecule has 1 aromatic carbocycles. The first-order chi connectivity index (χ1) is 14.8. The van der Waals surface area contributed by atoms with Crippen LogP contribution >= 0.6 is 0 Å². The fourth-order valence-electron chi connectivity index (χ4n) is 4.04. The summed E-state index contributed by atoms with van der Waals surface area (Å²) in [5.41, 5.74) is 6.47. The van der Waals surface area contributed by atoms with Crippen LogP contribution in [0.2, 0.25) is 0 Å². The van der Waals surface area contributed by atoms with Crippen LogP contribution in [0.1, 0.15) is 31.5 Å². The standard InChI is InChI=1S/C22H32N6O3/c1-14-24-20(13-21(25-14)27(2)3)26-15-6-8-16(9-7-15)28(22(23)29)17-10-11-18(30-4)19(12-17)31-5/h10-13,15-16H,6-9H2,1-5H3,(H2,23,29)(H,24,25,26). The number of hydrogen-bond donors (Lipinski definition) is 2. The van der Waals surface area contributed by atoms with Crippen LogP contribution in [0.4, 0.5) is 22.1 Å². The normalized spacial score (nSPS) is 18.2. The van der Waals surface area contributed by atoms with Crippen molar-refractivity contribution in [1.29, 1.82) is 0 Å². The molecule has 0 radical (unpaired) electrons. The predicted octanol–water partition coefficient (Wildman–Crippen LogP) is 3.18. The zero-order valence-electron chi connectivity index (χ0n) is 18.9. The average molecular weight is 429 g/mol. The Morgan fingerprint density at radius 1 is 1.06 bits per heavy atom. The molecule has 0 aliphatic heterocycles. The fraction of sp³-hybridized carbons (Fsp3) is 0.500. The maximum atomic E-state index is 12.3. The van der Waals surface area contributed by atoms with E-state index in [1.807, 2.05) is 38.1 Å². The second-order valence-electron chi connectivity index (χ2n) is 7.95. The largest absolute Gasteiger partial charge is 0.493 e. The van der Waals surface area contributed by atoms with Gasteiger partial charge in [0.1, 0.15) is 17.5 Å². The van der Waals surface area contributed by atoms with E-state index in [4.69, 9.17) is 15.2 Å². The number of ether oxygens (including phenoxy) is 2. The van der Waals surface area contributed by atoms with Gasteiger partial charge in [-0.2, -0.15) is 0 Å². The van der Waals surface area contributed by atoms with Gasteiger partial charge in [-0.05, 0) is 44.7 Å². The number of nitrogens with two attached hydrogens (primary N) is 1. The smallest absolute Gasteiger partial charge is 0.319 e. The molecule has 3 rings (SSSR count). The molecule has 1 fully saturated rings. The number of nitrogens with one attached hydrogen (secondary N) is 1. The van der Waals surface area contributed by atoms with Gasteiger partial charge in [-0.3, -0.25) is 4.90 Å². The molecular formula is C22H32N6O3. The van der Waals surface area contributed by atoms with Crippen molar-refractivity contribution in [3.63, 3.8) is 0 Å². The number of rotatable bonds is 7. The number of urea groups is 1. The molecule has 1 aliphatic carbocycles. The summed E-state index contributed by atoms with van der Waals surface area (Å²) in [5.74, 6) is 3.61. The van der Waals surface area contributed by atoms with Gasteiger partial charge in [-0.15, -0.1) is 0 Å². The monoisotopic (exact) mass is 428 g/mol. The van der Waals surface area contributed by atoms with Gasteiger partial charge in [0, 0.05) is 44.0 Å². The number of hydrogen-bond acceptors (Lipinski definition) is 7. The number of carbonyl (C=O) groups excluding carboxylic acids is 1. The summed E-state index contributed by atoms with van der Waals surface area (Å²) in [7, 11) is 7.08. The zero-order chi connectivity index (χ0) is 22.5. The molecule has 2 aromatic rings. The van der Waals surface area contributed by atoms with E-state index in [2.05, 4.69) is 15.3 Å². The third kappa shape index (κ3) is 5.28. The lowest BCUT2D eigenvalue weighted by atomic mass is 9.90. The highest BCUT2D eigenvalue weighted by Crippen LogP contribution is 2.35. The van der Waals surface area contributed by atoms with Crippen molar-refractivity contribution < 1.29 is 14.3 Å². The van der Waals surface area contributed by atoms with Crippen molar-refractivity contribution in [3.05, 3.63) is 30.1 Å². The molecule has 0 bridgehead atoms. The molecule has 1 heterocycles. The molecular weight excluding hydrogens is 396 g/mol. The highest BCUT2D eigenvalue weighted by Gasteiger charge is 2.29.